The van der Waals surface area contributed by atoms with Gasteiger partial charge in [-0.25, -0.2) is 0 Å². The van der Waals surface area contributed by atoms with Crippen molar-refractivity contribution in [3.8, 4) is 0 Å². The summed E-state index contributed by atoms with van der Waals surface area (Å²) in [7, 11) is 0. The smallest absolute Gasteiger partial charge is 0.276 e. The van der Waals surface area contributed by atoms with Gasteiger partial charge < -0.3 is 15.1 Å². The zero-order valence-corrected chi connectivity index (χ0v) is 10.8. The van der Waals surface area contributed by atoms with Crippen LogP contribution in [0.25, 0.3) is 0 Å². The third-order valence-corrected chi connectivity index (χ3v) is 2.71. The van der Waals surface area contributed by atoms with E-state index in [2.05, 4.69) is 10.3 Å². The second-order valence-corrected chi connectivity index (χ2v) is 4.05. The monoisotopic (exact) mass is 263 g/mol. The molecule has 0 aliphatic rings. The van der Waals surface area contributed by atoms with Crippen LogP contribution in [-0.2, 0) is 13.1 Å². The maximum atomic E-state index is 12.3. The van der Waals surface area contributed by atoms with Crippen molar-refractivity contribution in [1.29, 1.82) is 0 Å². The zero-order chi connectivity index (χ0) is 13.7. The van der Waals surface area contributed by atoms with Gasteiger partial charge in [-0.05, 0) is 19.1 Å². The van der Waals surface area contributed by atoms with Gasteiger partial charge in [0.05, 0.1) is 25.5 Å². The summed E-state index contributed by atoms with van der Waals surface area (Å²) in [6.45, 7) is 3.91. The van der Waals surface area contributed by atoms with Crippen LogP contribution in [0.1, 0.15) is 23.2 Å². The minimum absolute atomic E-state index is 0.165. The van der Waals surface area contributed by atoms with E-state index in [1.54, 1.807) is 28.1 Å². The van der Waals surface area contributed by atoms with Gasteiger partial charge in [-0.1, -0.05) is 5.21 Å². The van der Waals surface area contributed by atoms with Crippen molar-refractivity contribution in [3.63, 3.8) is 0 Å². The summed E-state index contributed by atoms with van der Waals surface area (Å²) in [5.74, 6) is 0.576. The summed E-state index contributed by atoms with van der Waals surface area (Å²) in [4.78, 5) is 13.9. The predicted octanol–water partition coefficient (Wildman–Crippen LogP) is 0.492. The van der Waals surface area contributed by atoms with Gasteiger partial charge in [0, 0.05) is 13.1 Å². The molecule has 2 heterocycles. The zero-order valence-electron chi connectivity index (χ0n) is 10.8. The summed E-state index contributed by atoms with van der Waals surface area (Å²) in [5, 5.41) is 7.72. The van der Waals surface area contributed by atoms with Crippen LogP contribution in [0.15, 0.2) is 29.0 Å². The molecule has 0 bridgehead atoms. The number of carbonyl (C=O) groups is 1. The third-order valence-electron chi connectivity index (χ3n) is 2.71. The molecule has 0 aliphatic carbocycles. The Morgan fingerprint density at radius 3 is 3.05 bits per heavy atom. The first-order valence-corrected chi connectivity index (χ1v) is 6.16. The molecule has 2 aromatic rings. The molecule has 0 fully saturated rings. The lowest BCUT2D eigenvalue weighted by Crippen LogP contribution is -2.30. The Kier molecular flexibility index (Phi) is 4.30. The number of amides is 1. The number of nitrogens with zero attached hydrogens (tertiary/aromatic N) is 4. The van der Waals surface area contributed by atoms with E-state index in [-0.39, 0.29) is 5.91 Å². The van der Waals surface area contributed by atoms with Crippen molar-refractivity contribution in [1.82, 2.24) is 19.9 Å². The number of rotatable bonds is 6. The van der Waals surface area contributed by atoms with Crippen molar-refractivity contribution in [3.05, 3.63) is 36.0 Å². The first kappa shape index (κ1) is 13.3. The Bertz CT molecular complexity index is 520. The summed E-state index contributed by atoms with van der Waals surface area (Å²) in [6.07, 6.45) is 3.20. The first-order valence-electron chi connectivity index (χ1n) is 6.16. The maximum Gasteiger partial charge on any atom is 0.276 e. The van der Waals surface area contributed by atoms with E-state index in [1.807, 2.05) is 13.0 Å². The van der Waals surface area contributed by atoms with E-state index in [0.717, 1.165) is 5.76 Å². The fraction of sp³-hybridized carbons (Fsp3) is 0.417. The molecular formula is C12H17N5O2. The lowest BCUT2D eigenvalue weighted by molar-refractivity contribution is 0.0735. The summed E-state index contributed by atoms with van der Waals surface area (Å²) >= 11 is 0. The molecule has 19 heavy (non-hydrogen) atoms. The fourth-order valence-electron chi connectivity index (χ4n) is 1.72. The Labute approximate surface area is 111 Å². The van der Waals surface area contributed by atoms with Gasteiger partial charge in [0.15, 0.2) is 5.69 Å². The molecule has 0 radical (unpaired) electrons. The Hall–Kier alpha value is -2.15. The highest BCUT2D eigenvalue weighted by Crippen LogP contribution is 2.08. The molecule has 0 aliphatic heterocycles. The van der Waals surface area contributed by atoms with Gasteiger partial charge in [-0.3, -0.25) is 9.48 Å². The Morgan fingerprint density at radius 2 is 2.42 bits per heavy atom. The van der Waals surface area contributed by atoms with Gasteiger partial charge in [0.2, 0.25) is 0 Å². The van der Waals surface area contributed by atoms with Crippen molar-refractivity contribution in [2.75, 3.05) is 13.1 Å². The summed E-state index contributed by atoms with van der Waals surface area (Å²) < 4.78 is 6.81. The van der Waals surface area contributed by atoms with E-state index in [1.165, 1.54) is 0 Å². The molecule has 2 rings (SSSR count). The van der Waals surface area contributed by atoms with Crippen molar-refractivity contribution >= 4 is 5.91 Å². The largest absolute Gasteiger partial charge is 0.467 e. The number of hydrogen-bond acceptors (Lipinski definition) is 5. The van der Waals surface area contributed by atoms with E-state index < -0.39 is 0 Å². The second-order valence-electron chi connectivity index (χ2n) is 4.05. The average Bonchev–Trinajstić information content (AvgIpc) is 3.06. The van der Waals surface area contributed by atoms with Crippen LogP contribution >= 0.6 is 0 Å². The van der Waals surface area contributed by atoms with Crippen molar-refractivity contribution in [2.45, 2.75) is 20.0 Å². The van der Waals surface area contributed by atoms with Crippen LogP contribution in [0.5, 0.6) is 0 Å². The summed E-state index contributed by atoms with van der Waals surface area (Å²) in [6, 6.07) is 3.63. The number of hydrogen-bond donors (Lipinski definition) is 1. The quantitative estimate of drug-likeness (QED) is 0.819. The first-order chi connectivity index (χ1) is 9.24. The minimum atomic E-state index is -0.165. The average molecular weight is 263 g/mol. The maximum absolute atomic E-state index is 12.3. The summed E-state index contributed by atoms with van der Waals surface area (Å²) in [5.41, 5.74) is 5.75. The third kappa shape index (κ3) is 3.19. The number of furan rings is 1. The van der Waals surface area contributed by atoms with Crippen molar-refractivity contribution < 1.29 is 9.21 Å². The Morgan fingerprint density at radius 1 is 1.58 bits per heavy atom. The highest BCUT2D eigenvalue weighted by molar-refractivity contribution is 5.91. The molecule has 102 valence electrons. The van der Waals surface area contributed by atoms with E-state index in [0.29, 0.717) is 31.9 Å². The fourth-order valence-corrected chi connectivity index (χ4v) is 1.72. The van der Waals surface area contributed by atoms with Gasteiger partial charge >= 0.3 is 0 Å². The van der Waals surface area contributed by atoms with Gasteiger partial charge in [-0.2, -0.15) is 0 Å². The highest BCUT2D eigenvalue weighted by Gasteiger charge is 2.18. The standard InChI is InChI=1S/C12H17N5O2/c1-2-16(8-10-4-3-7-19-10)12(18)11-9-17(6-5-13)15-14-11/h3-4,7,9H,2,5-6,8,13H2,1H3. The topological polar surface area (TPSA) is 90.2 Å². The molecule has 0 unspecified atom stereocenters. The highest BCUT2D eigenvalue weighted by atomic mass is 16.3. The van der Waals surface area contributed by atoms with Crippen LogP contribution < -0.4 is 5.73 Å². The molecular weight excluding hydrogens is 246 g/mol. The van der Waals surface area contributed by atoms with Crippen LogP contribution in [-0.4, -0.2) is 38.9 Å². The molecule has 2 aromatic heterocycles. The molecule has 0 saturated carbocycles. The predicted molar refractivity (Wildman–Crippen MR) is 68.2 cm³/mol. The lowest BCUT2D eigenvalue weighted by atomic mass is 10.3. The Balaban J connectivity index is 2.06. The number of aromatic nitrogens is 3. The van der Waals surface area contributed by atoms with Crippen LogP contribution in [0.3, 0.4) is 0 Å². The van der Waals surface area contributed by atoms with E-state index >= 15 is 0 Å². The normalized spacial score (nSPS) is 10.6. The van der Waals surface area contributed by atoms with Crippen LogP contribution in [0.2, 0.25) is 0 Å². The number of carbonyl (C=O) groups excluding carboxylic acids is 1. The molecule has 0 atom stereocenters. The molecule has 7 nitrogen and oxygen atoms in total. The SMILES string of the molecule is CCN(Cc1ccco1)C(=O)c1cn(CCN)nn1. The second kappa shape index (κ2) is 6.14. The van der Waals surface area contributed by atoms with E-state index in [9.17, 15) is 4.79 Å². The van der Waals surface area contributed by atoms with Gasteiger partial charge in [0.25, 0.3) is 5.91 Å². The van der Waals surface area contributed by atoms with Crippen LogP contribution in [0.4, 0.5) is 0 Å². The molecule has 1 amide bonds. The van der Waals surface area contributed by atoms with Gasteiger partial charge in [0.1, 0.15) is 5.76 Å². The lowest BCUT2D eigenvalue weighted by Gasteiger charge is -2.17. The molecule has 0 saturated heterocycles. The van der Waals surface area contributed by atoms with Crippen molar-refractivity contribution in [2.24, 2.45) is 5.73 Å². The minimum Gasteiger partial charge on any atom is -0.467 e. The molecule has 7 heteroatoms. The van der Waals surface area contributed by atoms with Crippen LogP contribution in [0, 0.1) is 0 Å². The van der Waals surface area contributed by atoms with Gasteiger partial charge in [-0.15, -0.1) is 5.10 Å². The molecule has 2 N–H and O–H groups in total. The molecule has 0 spiro atoms. The molecule has 0 aromatic carbocycles. The number of nitrogens with two attached hydrogens (primary N) is 1. The van der Waals surface area contributed by atoms with E-state index in [4.69, 9.17) is 10.2 Å².